The SMILES string of the molecule is CCC(NC(=O)c1cc(C)nc2ccccc12)c1ccc2c(c1)OCCO2. The Bertz CT molecular complexity index is 1000. The molecule has 1 aliphatic heterocycles. The number of hydrogen-bond acceptors (Lipinski definition) is 4. The minimum absolute atomic E-state index is 0.0987. The van der Waals surface area contributed by atoms with Crippen LogP contribution in [0.5, 0.6) is 11.5 Å². The fourth-order valence-corrected chi connectivity index (χ4v) is 3.43. The van der Waals surface area contributed by atoms with Crippen LogP contribution in [0.4, 0.5) is 0 Å². The Hall–Kier alpha value is -3.08. The number of carbonyl (C=O) groups is 1. The lowest BCUT2D eigenvalue weighted by atomic mass is 10.0. The molecule has 0 fully saturated rings. The van der Waals surface area contributed by atoms with Gasteiger partial charge >= 0.3 is 0 Å². The Balaban J connectivity index is 1.63. The number of carbonyl (C=O) groups excluding carboxylic acids is 1. The number of amides is 1. The molecule has 0 saturated heterocycles. The first-order chi connectivity index (χ1) is 13.2. The standard InChI is InChI=1S/C22H22N2O3/c1-3-18(15-8-9-20-21(13-15)27-11-10-26-20)24-22(25)17-12-14(2)23-19-7-5-4-6-16(17)19/h4-9,12-13,18H,3,10-11H2,1-2H3,(H,24,25). The van der Waals surface area contributed by atoms with Gasteiger partial charge < -0.3 is 14.8 Å². The second-order valence-electron chi connectivity index (χ2n) is 6.67. The van der Waals surface area contributed by atoms with E-state index < -0.39 is 0 Å². The topological polar surface area (TPSA) is 60.5 Å². The highest BCUT2D eigenvalue weighted by Crippen LogP contribution is 2.33. The van der Waals surface area contributed by atoms with Crippen molar-refractivity contribution in [2.24, 2.45) is 0 Å². The number of hydrogen-bond donors (Lipinski definition) is 1. The Labute approximate surface area is 158 Å². The van der Waals surface area contributed by atoms with Crippen LogP contribution < -0.4 is 14.8 Å². The summed E-state index contributed by atoms with van der Waals surface area (Å²) in [6, 6.07) is 15.3. The van der Waals surface area contributed by atoms with Crippen molar-refractivity contribution in [3.05, 3.63) is 65.4 Å². The zero-order valence-corrected chi connectivity index (χ0v) is 15.5. The van der Waals surface area contributed by atoms with Crippen LogP contribution in [-0.4, -0.2) is 24.1 Å². The van der Waals surface area contributed by atoms with Gasteiger partial charge in [-0.15, -0.1) is 0 Å². The Morgan fingerprint density at radius 2 is 1.89 bits per heavy atom. The van der Waals surface area contributed by atoms with E-state index >= 15 is 0 Å². The van der Waals surface area contributed by atoms with E-state index in [0.29, 0.717) is 18.8 Å². The average Bonchev–Trinajstić information content (AvgIpc) is 2.70. The maximum Gasteiger partial charge on any atom is 0.252 e. The molecule has 1 N–H and O–H groups in total. The van der Waals surface area contributed by atoms with Crippen molar-refractivity contribution < 1.29 is 14.3 Å². The Morgan fingerprint density at radius 1 is 1.11 bits per heavy atom. The number of ether oxygens (including phenoxy) is 2. The molecule has 1 amide bonds. The van der Waals surface area contributed by atoms with Gasteiger partial charge in [-0.25, -0.2) is 0 Å². The number of pyridine rings is 1. The summed E-state index contributed by atoms with van der Waals surface area (Å²) in [5.41, 5.74) is 3.31. The smallest absolute Gasteiger partial charge is 0.252 e. The predicted octanol–water partition coefficient (Wildman–Crippen LogP) is 4.20. The summed E-state index contributed by atoms with van der Waals surface area (Å²) < 4.78 is 11.3. The van der Waals surface area contributed by atoms with E-state index in [1.54, 1.807) is 0 Å². The van der Waals surface area contributed by atoms with Crippen molar-refractivity contribution in [1.29, 1.82) is 0 Å². The largest absolute Gasteiger partial charge is 0.486 e. The molecule has 1 unspecified atom stereocenters. The lowest BCUT2D eigenvalue weighted by Crippen LogP contribution is -2.28. The highest BCUT2D eigenvalue weighted by atomic mass is 16.6. The van der Waals surface area contributed by atoms with Crippen molar-refractivity contribution in [2.45, 2.75) is 26.3 Å². The number of benzene rings is 2. The molecular weight excluding hydrogens is 340 g/mol. The minimum atomic E-state index is -0.111. The molecule has 0 aliphatic carbocycles. The third kappa shape index (κ3) is 3.45. The van der Waals surface area contributed by atoms with Crippen LogP contribution in [0.1, 0.15) is 41.0 Å². The van der Waals surface area contributed by atoms with Crippen LogP contribution in [0.2, 0.25) is 0 Å². The average molecular weight is 362 g/mol. The summed E-state index contributed by atoms with van der Waals surface area (Å²) in [6.45, 7) is 5.07. The molecule has 0 saturated carbocycles. The predicted molar refractivity (Wildman–Crippen MR) is 104 cm³/mol. The first kappa shape index (κ1) is 17.3. The van der Waals surface area contributed by atoms with Gasteiger partial charge in [0.25, 0.3) is 5.91 Å². The Morgan fingerprint density at radius 3 is 2.70 bits per heavy atom. The van der Waals surface area contributed by atoms with Crippen molar-refractivity contribution in [2.75, 3.05) is 13.2 Å². The zero-order chi connectivity index (χ0) is 18.8. The van der Waals surface area contributed by atoms with E-state index in [0.717, 1.165) is 40.1 Å². The number of para-hydroxylation sites is 1. The normalized spacial score (nSPS) is 14.0. The zero-order valence-electron chi connectivity index (χ0n) is 15.5. The highest BCUT2D eigenvalue weighted by molar-refractivity contribution is 6.06. The third-order valence-electron chi connectivity index (χ3n) is 4.77. The van der Waals surface area contributed by atoms with E-state index in [-0.39, 0.29) is 11.9 Å². The molecule has 4 rings (SSSR count). The third-order valence-corrected chi connectivity index (χ3v) is 4.77. The number of rotatable bonds is 4. The minimum Gasteiger partial charge on any atom is -0.486 e. The highest BCUT2D eigenvalue weighted by Gasteiger charge is 2.19. The van der Waals surface area contributed by atoms with Crippen LogP contribution in [0.25, 0.3) is 10.9 Å². The molecule has 27 heavy (non-hydrogen) atoms. The van der Waals surface area contributed by atoms with Gasteiger partial charge in [0, 0.05) is 11.1 Å². The lowest BCUT2D eigenvalue weighted by molar-refractivity contribution is 0.0937. The monoisotopic (exact) mass is 362 g/mol. The van der Waals surface area contributed by atoms with Crippen LogP contribution in [-0.2, 0) is 0 Å². The van der Waals surface area contributed by atoms with Crippen molar-refractivity contribution in [3.8, 4) is 11.5 Å². The second kappa shape index (κ2) is 7.27. The first-order valence-corrected chi connectivity index (χ1v) is 9.22. The molecule has 2 aromatic carbocycles. The van der Waals surface area contributed by atoms with Crippen molar-refractivity contribution in [3.63, 3.8) is 0 Å². The van der Waals surface area contributed by atoms with Gasteiger partial charge in [-0.2, -0.15) is 0 Å². The van der Waals surface area contributed by atoms with Crippen molar-refractivity contribution in [1.82, 2.24) is 10.3 Å². The fourth-order valence-electron chi connectivity index (χ4n) is 3.43. The number of fused-ring (bicyclic) bond motifs is 2. The van der Waals surface area contributed by atoms with Crippen LogP contribution in [0.15, 0.2) is 48.5 Å². The van der Waals surface area contributed by atoms with Crippen molar-refractivity contribution >= 4 is 16.8 Å². The summed E-state index contributed by atoms with van der Waals surface area (Å²) in [5, 5.41) is 4.02. The summed E-state index contributed by atoms with van der Waals surface area (Å²) in [6.07, 6.45) is 0.771. The van der Waals surface area contributed by atoms with Gasteiger partial charge in [-0.05, 0) is 43.2 Å². The second-order valence-corrected chi connectivity index (χ2v) is 6.67. The molecule has 0 bridgehead atoms. The van der Waals surface area contributed by atoms with Gasteiger partial charge in [0.05, 0.1) is 17.1 Å². The maximum atomic E-state index is 13.0. The molecular formula is C22H22N2O3. The van der Waals surface area contributed by atoms with E-state index in [1.807, 2.05) is 55.5 Å². The quantitative estimate of drug-likeness (QED) is 0.756. The first-order valence-electron chi connectivity index (χ1n) is 9.22. The van der Waals surface area contributed by atoms with E-state index in [4.69, 9.17) is 9.47 Å². The molecule has 5 heteroatoms. The summed E-state index contributed by atoms with van der Waals surface area (Å²) >= 11 is 0. The van der Waals surface area contributed by atoms with E-state index in [2.05, 4.69) is 17.2 Å². The molecule has 1 aromatic heterocycles. The van der Waals surface area contributed by atoms with Gasteiger partial charge in [-0.1, -0.05) is 31.2 Å². The van der Waals surface area contributed by atoms with Gasteiger partial charge in [0.2, 0.25) is 0 Å². The van der Waals surface area contributed by atoms with Crippen LogP contribution in [0.3, 0.4) is 0 Å². The lowest BCUT2D eigenvalue weighted by Gasteiger charge is -2.22. The number of nitrogens with zero attached hydrogens (tertiary/aromatic N) is 1. The summed E-state index contributed by atoms with van der Waals surface area (Å²) in [7, 11) is 0. The molecule has 1 aliphatic rings. The van der Waals surface area contributed by atoms with Crippen LogP contribution >= 0.6 is 0 Å². The molecule has 2 heterocycles. The van der Waals surface area contributed by atoms with Gasteiger partial charge in [-0.3, -0.25) is 9.78 Å². The van der Waals surface area contributed by atoms with Crippen LogP contribution in [0, 0.1) is 6.92 Å². The van der Waals surface area contributed by atoms with Gasteiger partial charge in [0.15, 0.2) is 11.5 Å². The fraction of sp³-hybridized carbons (Fsp3) is 0.273. The van der Waals surface area contributed by atoms with E-state index in [9.17, 15) is 4.79 Å². The molecule has 1 atom stereocenters. The summed E-state index contributed by atoms with van der Waals surface area (Å²) in [4.78, 5) is 17.6. The molecule has 3 aromatic rings. The molecule has 0 spiro atoms. The number of nitrogens with one attached hydrogen (secondary N) is 1. The van der Waals surface area contributed by atoms with E-state index in [1.165, 1.54) is 0 Å². The Kier molecular flexibility index (Phi) is 4.67. The van der Waals surface area contributed by atoms with Gasteiger partial charge in [0.1, 0.15) is 13.2 Å². The number of aromatic nitrogens is 1. The molecule has 0 radical (unpaired) electrons. The molecule has 5 nitrogen and oxygen atoms in total. The maximum absolute atomic E-state index is 13.0. The number of aryl methyl sites for hydroxylation is 1. The molecule has 138 valence electrons. The summed E-state index contributed by atoms with van der Waals surface area (Å²) in [5.74, 6) is 1.39.